The van der Waals surface area contributed by atoms with Gasteiger partial charge in [0.25, 0.3) is 5.91 Å². The molecule has 0 radical (unpaired) electrons. The van der Waals surface area contributed by atoms with E-state index in [-0.39, 0.29) is 36.1 Å². The van der Waals surface area contributed by atoms with Gasteiger partial charge >= 0.3 is 5.97 Å². The highest BCUT2D eigenvalue weighted by atomic mass is 16.5. The van der Waals surface area contributed by atoms with Gasteiger partial charge in [-0.25, -0.2) is 5.43 Å². The molecule has 0 aromatic heterocycles. The SMILES string of the molecule is C=CCC[C@@H](OC)[C@@H](C)C(=O)C[C@H](C(=O)N[C@@H](C)C(=O)N1CCC[C@@H](C(=O)O)N1)C(C)C. The van der Waals surface area contributed by atoms with Crippen molar-refractivity contribution in [2.45, 2.75) is 78.0 Å². The van der Waals surface area contributed by atoms with Crippen LogP contribution in [0.4, 0.5) is 0 Å². The van der Waals surface area contributed by atoms with Crippen LogP contribution in [0.2, 0.25) is 0 Å². The maximum absolute atomic E-state index is 12.9. The molecule has 0 aromatic carbocycles. The van der Waals surface area contributed by atoms with Crippen molar-refractivity contribution in [3.8, 4) is 0 Å². The van der Waals surface area contributed by atoms with Crippen LogP contribution in [0.1, 0.15) is 59.8 Å². The maximum atomic E-state index is 12.9. The minimum absolute atomic E-state index is 0.0581. The molecule has 0 spiro atoms. The zero-order chi connectivity index (χ0) is 24.4. The Hall–Kier alpha value is -2.26. The third-order valence-corrected chi connectivity index (χ3v) is 6.07. The molecule has 1 aliphatic heterocycles. The molecule has 1 aliphatic rings. The number of ketones is 1. The van der Waals surface area contributed by atoms with E-state index in [1.165, 1.54) is 5.01 Å². The van der Waals surface area contributed by atoms with Gasteiger partial charge in [0, 0.05) is 31.9 Å². The summed E-state index contributed by atoms with van der Waals surface area (Å²) in [5.41, 5.74) is 2.70. The van der Waals surface area contributed by atoms with Crippen molar-refractivity contribution in [2.24, 2.45) is 17.8 Å². The van der Waals surface area contributed by atoms with Crippen molar-refractivity contribution in [1.82, 2.24) is 15.8 Å². The molecule has 0 bridgehead atoms. The number of ether oxygens (including phenoxy) is 1. The molecule has 5 atom stereocenters. The predicted molar refractivity (Wildman–Crippen MR) is 120 cm³/mol. The Balaban J connectivity index is 2.75. The lowest BCUT2D eigenvalue weighted by atomic mass is 9.84. The van der Waals surface area contributed by atoms with Gasteiger partial charge in [-0.3, -0.25) is 24.2 Å². The van der Waals surface area contributed by atoms with Crippen LogP contribution >= 0.6 is 0 Å². The quantitative estimate of drug-likeness (QED) is 0.364. The number of nitrogens with zero attached hydrogens (tertiary/aromatic N) is 1. The molecule has 3 N–H and O–H groups in total. The molecule has 1 heterocycles. The second kappa shape index (κ2) is 13.3. The Morgan fingerprint density at radius 1 is 1.25 bits per heavy atom. The Morgan fingerprint density at radius 2 is 1.91 bits per heavy atom. The first-order valence-electron chi connectivity index (χ1n) is 11.3. The fourth-order valence-electron chi connectivity index (χ4n) is 3.83. The van der Waals surface area contributed by atoms with E-state index in [0.29, 0.717) is 25.8 Å². The molecule has 2 amide bonds. The average molecular weight is 454 g/mol. The van der Waals surface area contributed by atoms with Gasteiger partial charge in [-0.05, 0) is 38.5 Å². The molecule has 1 rings (SSSR count). The van der Waals surface area contributed by atoms with Crippen molar-refractivity contribution in [1.29, 1.82) is 0 Å². The monoisotopic (exact) mass is 453 g/mol. The van der Waals surface area contributed by atoms with Crippen molar-refractivity contribution in [2.75, 3.05) is 13.7 Å². The number of Topliss-reactive ketones (excluding diaryl/α,β-unsaturated/α-hetero) is 1. The van der Waals surface area contributed by atoms with Gasteiger partial charge in [0.2, 0.25) is 5.91 Å². The molecule has 182 valence electrons. The van der Waals surface area contributed by atoms with Gasteiger partial charge in [-0.2, -0.15) is 0 Å². The van der Waals surface area contributed by atoms with Gasteiger partial charge in [0.1, 0.15) is 17.9 Å². The average Bonchev–Trinajstić information content (AvgIpc) is 2.76. The number of carboxylic acids is 1. The van der Waals surface area contributed by atoms with Gasteiger partial charge in [0.15, 0.2) is 0 Å². The van der Waals surface area contributed by atoms with Crippen molar-refractivity contribution >= 4 is 23.6 Å². The van der Waals surface area contributed by atoms with Crippen LogP contribution in [0, 0.1) is 17.8 Å². The van der Waals surface area contributed by atoms with E-state index >= 15 is 0 Å². The van der Waals surface area contributed by atoms with Crippen LogP contribution in [0.25, 0.3) is 0 Å². The number of methoxy groups -OCH3 is 1. The summed E-state index contributed by atoms with van der Waals surface area (Å²) in [6, 6.07) is -1.68. The number of carboxylic acid groups (broad SMARTS) is 1. The number of nitrogens with one attached hydrogen (secondary N) is 2. The number of carbonyl (C=O) groups is 4. The smallest absolute Gasteiger partial charge is 0.322 e. The number of amides is 2. The first kappa shape index (κ1) is 27.8. The summed E-state index contributed by atoms with van der Waals surface area (Å²) < 4.78 is 5.46. The largest absolute Gasteiger partial charge is 0.480 e. The van der Waals surface area contributed by atoms with Gasteiger partial charge < -0.3 is 15.2 Å². The number of hydrazine groups is 1. The predicted octanol–water partition coefficient (Wildman–Crippen LogP) is 1.92. The second-order valence-corrected chi connectivity index (χ2v) is 8.83. The molecule has 0 unspecified atom stereocenters. The number of allylic oxidation sites excluding steroid dienone is 1. The van der Waals surface area contributed by atoms with Gasteiger partial charge in [-0.15, -0.1) is 6.58 Å². The second-order valence-electron chi connectivity index (χ2n) is 8.83. The van der Waals surface area contributed by atoms with Crippen LogP contribution in [0.3, 0.4) is 0 Å². The first-order valence-corrected chi connectivity index (χ1v) is 11.3. The molecule has 0 saturated carbocycles. The highest BCUT2D eigenvalue weighted by Gasteiger charge is 2.34. The summed E-state index contributed by atoms with van der Waals surface area (Å²) >= 11 is 0. The number of carbonyl (C=O) groups excluding carboxylic acids is 3. The standard InChI is InChI=1S/C23H39N3O6/c1-7-8-11-20(32-6)15(4)19(27)13-17(14(2)3)21(28)24-16(5)22(29)26-12-9-10-18(25-26)23(30)31/h7,14-18,20,25H,1,8-13H2,2-6H3,(H,24,28)(H,30,31)/t15-,16-,17-,18-,20+/m0/s1. The molecular weight excluding hydrogens is 414 g/mol. The molecule has 0 aromatic rings. The Morgan fingerprint density at radius 3 is 2.44 bits per heavy atom. The van der Waals surface area contributed by atoms with Crippen molar-refractivity contribution in [3.05, 3.63) is 12.7 Å². The summed E-state index contributed by atoms with van der Waals surface area (Å²) in [5, 5.41) is 13.1. The normalized spacial score (nSPS) is 20.2. The number of hydrogen-bond acceptors (Lipinski definition) is 6. The fourth-order valence-corrected chi connectivity index (χ4v) is 3.83. The molecule has 9 heteroatoms. The minimum atomic E-state index is -1.02. The van der Waals surface area contributed by atoms with E-state index in [1.807, 2.05) is 20.8 Å². The zero-order valence-corrected chi connectivity index (χ0v) is 19.9. The number of aliphatic carboxylic acids is 1. The third-order valence-electron chi connectivity index (χ3n) is 6.07. The topological polar surface area (TPSA) is 125 Å². The van der Waals surface area contributed by atoms with Crippen LogP contribution in [-0.4, -0.2) is 65.5 Å². The Bertz CT molecular complexity index is 681. The van der Waals surface area contributed by atoms with Crippen LogP contribution in [-0.2, 0) is 23.9 Å². The van der Waals surface area contributed by atoms with Crippen molar-refractivity contribution in [3.63, 3.8) is 0 Å². The molecular formula is C23H39N3O6. The number of hydrogen-bond donors (Lipinski definition) is 3. The van der Waals surface area contributed by atoms with E-state index in [4.69, 9.17) is 4.74 Å². The fraction of sp³-hybridized carbons (Fsp3) is 0.739. The molecule has 1 saturated heterocycles. The highest BCUT2D eigenvalue weighted by Crippen LogP contribution is 2.22. The molecule has 1 fully saturated rings. The third kappa shape index (κ3) is 8.02. The van der Waals surface area contributed by atoms with Gasteiger partial charge in [0.05, 0.1) is 6.10 Å². The number of rotatable bonds is 13. The lowest BCUT2D eigenvalue weighted by Gasteiger charge is -2.34. The Labute approximate surface area is 190 Å². The van der Waals surface area contributed by atoms with E-state index in [2.05, 4.69) is 17.3 Å². The van der Waals surface area contributed by atoms with E-state index in [1.54, 1.807) is 20.1 Å². The van der Waals surface area contributed by atoms with Crippen LogP contribution in [0.5, 0.6) is 0 Å². The lowest BCUT2D eigenvalue weighted by molar-refractivity contribution is -0.148. The molecule has 0 aliphatic carbocycles. The van der Waals surface area contributed by atoms with E-state index in [0.717, 1.165) is 6.42 Å². The summed E-state index contributed by atoms with van der Waals surface area (Å²) in [6.45, 7) is 11.2. The maximum Gasteiger partial charge on any atom is 0.322 e. The van der Waals surface area contributed by atoms with Crippen LogP contribution in [0.15, 0.2) is 12.7 Å². The van der Waals surface area contributed by atoms with Crippen molar-refractivity contribution < 1.29 is 29.0 Å². The molecule has 9 nitrogen and oxygen atoms in total. The summed E-state index contributed by atoms with van der Waals surface area (Å²) in [4.78, 5) is 49.7. The lowest BCUT2D eigenvalue weighted by Crippen LogP contribution is -2.59. The van der Waals surface area contributed by atoms with Crippen LogP contribution < -0.4 is 10.7 Å². The zero-order valence-electron chi connectivity index (χ0n) is 19.9. The highest BCUT2D eigenvalue weighted by molar-refractivity contribution is 5.91. The van der Waals surface area contributed by atoms with Gasteiger partial charge in [-0.1, -0.05) is 26.8 Å². The summed E-state index contributed by atoms with van der Waals surface area (Å²) in [6.07, 6.45) is 4.00. The molecule has 32 heavy (non-hydrogen) atoms. The minimum Gasteiger partial charge on any atom is -0.480 e. The summed E-state index contributed by atoms with van der Waals surface area (Å²) in [5.74, 6) is -2.91. The summed E-state index contributed by atoms with van der Waals surface area (Å²) in [7, 11) is 1.57. The van der Waals surface area contributed by atoms with E-state index < -0.39 is 29.9 Å². The Kier molecular flexibility index (Phi) is 11.6. The van der Waals surface area contributed by atoms with E-state index in [9.17, 15) is 24.3 Å². The first-order chi connectivity index (χ1) is 15.0.